The number of aryl methyl sites for hydroxylation is 1. The van der Waals surface area contributed by atoms with Gasteiger partial charge in [-0.25, -0.2) is 12.8 Å². The van der Waals surface area contributed by atoms with E-state index in [9.17, 15) is 12.8 Å². The van der Waals surface area contributed by atoms with Crippen molar-refractivity contribution < 1.29 is 14.2 Å². The van der Waals surface area contributed by atoms with Gasteiger partial charge in [-0.2, -0.15) is 0 Å². The minimum atomic E-state index is -3.26. The van der Waals surface area contributed by atoms with Crippen LogP contribution in [0.1, 0.15) is 44.3 Å². The van der Waals surface area contributed by atoms with Crippen LogP contribution in [0.15, 0.2) is 54.1 Å². The maximum Gasteiger partial charge on any atom is 0.232 e. The van der Waals surface area contributed by atoms with E-state index in [4.69, 9.17) is 0 Å². The minimum Gasteiger partial charge on any atom is -0.303 e. The van der Waals surface area contributed by atoms with Crippen molar-refractivity contribution in [3.8, 4) is 0 Å². The van der Waals surface area contributed by atoms with E-state index in [1.807, 2.05) is 24.3 Å². The van der Waals surface area contributed by atoms with Gasteiger partial charge in [0.05, 0.1) is 5.75 Å². The Morgan fingerprint density at radius 3 is 2.56 bits per heavy atom. The van der Waals surface area contributed by atoms with Gasteiger partial charge in [-0.1, -0.05) is 29.8 Å². The fourth-order valence-electron chi connectivity index (χ4n) is 4.83. The number of allylic oxidation sites excluding steroid dienone is 2. The van der Waals surface area contributed by atoms with Gasteiger partial charge in [0, 0.05) is 13.7 Å². The summed E-state index contributed by atoms with van der Waals surface area (Å²) in [6.07, 6.45) is 8.67. The fraction of sp³-hybridized carbons (Fsp3) is 0.462. The summed E-state index contributed by atoms with van der Waals surface area (Å²) in [6, 6.07) is 12.8. The normalized spacial score (nSPS) is 18.0. The number of hydrogen-bond donors (Lipinski definition) is 1. The first-order valence-electron chi connectivity index (χ1n) is 11.7. The molecule has 6 heteroatoms. The van der Waals surface area contributed by atoms with E-state index in [1.165, 1.54) is 34.4 Å². The molecule has 1 aliphatic carbocycles. The Morgan fingerprint density at radius 1 is 1.09 bits per heavy atom. The van der Waals surface area contributed by atoms with E-state index < -0.39 is 10.0 Å². The number of fused-ring (bicyclic) bond motifs is 1. The number of anilines is 1. The molecule has 1 aliphatic heterocycles. The lowest BCUT2D eigenvalue weighted by Crippen LogP contribution is -2.35. The third-order valence-electron chi connectivity index (χ3n) is 6.82. The molecule has 2 aromatic rings. The second-order valence-corrected chi connectivity index (χ2v) is 11.0. The lowest BCUT2D eigenvalue weighted by molar-refractivity contribution is 0.199. The molecule has 0 atom stereocenters. The summed E-state index contributed by atoms with van der Waals surface area (Å²) in [7, 11) is -3.26. The van der Waals surface area contributed by atoms with Crippen molar-refractivity contribution >= 4 is 15.7 Å². The van der Waals surface area contributed by atoms with Gasteiger partial charge in [0.1, 0.15) is 5.82 Å². The van der Waals surface area contributed by atoms with Crippen LogP contribution in [0.2, 0.25) is 0 Å². The zero-order chi connectivity index (χ0) is 22.6. The number of halogens is 1. The SMILES string of the molecule is CCS(=O)(=O)Nc1ccc2c(c1)CC(C1CCN(CCc3ccc(F)cc3)CC1)=CCC2.[HH]. The van der Waals surface area contributed by atoms with Gasteiger partial charge >= 0.3 is 0 Å². The molecule has 1 heterocycles. The molecule has 0 unspecified atom stereocenters. The van der Waals surface area contributed by atoms with Crippen LogP contribution in [0, 0.1) is 11.7 Å². The highest BCUT2D eigenvalue weighted by Gasteiger charge is 2.24. The second kappa shape index (κ2) is 10.2. The van der Waals surface area contributed by atoms with E-state index in [2.05, 4.69) is 21.8 Å². The van der Waals surface area contributed by atoms with Crippen LogP contribution in [-0.2, 0) is 29.3 Å². The molecule has 32 heavy (non-hydrogen) atoms. The zero-order valence-corrected chi connectivity index (χ0v) is 19.6. The molecule has 4 nitrogen and oxygen atoms in total. The molecule has 1 saturated heterocycles. The molecule has 1 N–H and O–H groups in total. The molecule has 2 aromatic carbocycles. The molecular weight excluding hydrogens is 423 g/mol. The number of nitrogens with zero attached hydrogens (tertiary/aromatic N) is 1. The molecular formula is C26H35FN2O2S. The van der Waals surface area contributed by atoms with Crippen LogP contribution in [0.5, 0.6) is 0 Å². The first-order chi connectivity index (χ1) is 15.4. The first-order valence-corrected chi connectivity index (χ1v) is 13.3. The summed E-state index contributed by atoms with van der Waals surface area (Å²) in [5.74, 6) is 0.497. The smallest absolute Gasteiger partial charge is 0.232 e. The summed E-state index contributed by atoms with van der Waals surface area (Å²) >= 11 is 0. The molecule has 0 aromatic heterocycles. The fourth-order valence-corrected chi connectivity index (χ4v) is 5.46. The highest BCUT2D eigenvalue weighted by Crippen LogP contribution is 2.32. The van der Waals surface area contributed by atoms with Crippen LogP contribution in [0.3, 0.4) is 0 Å². The lowest BCUT2D eigenvalue weighted by atomic mass is 9.85. The van der Waals surface area contributed by atoms with Gasteiger partial charge in [-0.15, -0.1) is 0 Å². The molecule has 0 bridgehead atoms. The van der Waals surface area contributed by atoms with Crippen molar-refractivity contribution in [2.75, 3.05) is 30.1 Å². The Kier molecular flexibility index (Phi) is 7.31. The Labute approximate surface area is 193 Å². The number of hydrogen-bond acceptors (Lipinski definition) is 3. The predicted molar refractivity (Wildman–Crippen MR) is 131 cm³/mol. The van der Waals surface area contributed by atoms with Crippen LogP contribution >= 0.6 is 0 Å². The molecule has 1 fully saturated rings. The number of likely N-dealkylation sites (tertiary alicyclic amines) is 1. The van der Waals surface area contributed by atoms with Crippen molar-refractivity contribution in [1.29, 1.82) is 0 Å². The van der Waals surface area contributed by atoms with Crippen molar-refractivity contribution in [3.63, 3.8) is 0 Å². The molecule has 4 rings (SSSR count). The molecule has 0 spiro atoms. The molecule has 0 saturated carbocycles. The minimum absolute atomic E-state index is 0. The first kappa shape index (κ1) is 23.0. The number of benzene rings is 2. The summed E-state index contributed by atoms with van der Waals surface area (Å²) in [5.41, 5.74) is 5.95. The van der Waals surface area contributed by atoms with Gasteiger partial charge in [0.15, 0.2) is 0 Å². The van der Waals surface area contributed by atoms with Gasteiger partial charge in [-0.05, 0) is 105 Å². The van der Waals surface area contributed by atoms with Crippen LogP contribution in [0.25, 0.3) is 0 Å². The lowest BCUT2D eigenvalue weighted by Gasteiger charge is -2.33. The number of sulfonamides is 1. The Hall–Kier alpha value is -2.18. The van der Waals surface area contributed by atoms with Crippen molar-refractivity contribution in [1.82, 2.24) is 4.90 Å². The summed E-state index contributed by atoms with van der Waals surface area (Å²) in [5, 5.41) is 0. The summed E-state index contributed by atoms with van der Waals surface area (Å²) < 4.78 is 39.7. The van der Waals surface area contributed by atoms with E-state index >= 15 is 0 Å². The number of piperidine rings is 1. The largest absolute Gasteiger partial charge is 0.303 e. The molecule has 2 aliphatic rings. The highest BCUT2D eigenvalue weighted by atomic mass is 32.2. The standard InChI is InChI=1S/C26H33FN2O2S.H2/c1-2-32(30,31)28-26-11-8-21-4-3-5-23(18-24(21)19-26)22-13-16-29(17-14-22)15-12-20-6-9-25(27)10-7-20;/h5-11,19,22,28H,2-4,12-18H2,1H3;1H. The van der Waals surface area contributed by atoms with Crippen molar-refractivity contribution in [3.05, 3.63) is 76.6 Å². The van der Waals surface area contributed by atoms with Gasteiger partial charge < -0.3 is 4.90 Å². The van der Waals surface area contributed by atoms with E-state index in [0.717, 1.165) is 58.2 Å². The Balaban J connectivity index is 0.00000306. The van der Waals surface area contributed by atoms with E-state index in [0.29, 0.717) is 11.6 Å². The van der Waals surface area contributed by atoms with Gasteiger partial charge in [-0.3, -0.25) is 4.72 Å². The maximum absolute atomic E-state index is 13.1. The Morgan fingerprint density at radius 2 is 1.84 bits per heavy atom. The van der Waals surface area contributed by atoms with Gasteiger partial charge in [0.2, 0.25) is 10.0 Å². The molecule has 0 radical (unpaired) electrons. The van der Waals surface area contributed by atoms with Crippen LogP contribution in [-0.4, -0.2) is 38.7 Å². The molecule has 0 amide bonds. The number of nitrogens with one attached hydrogen (secondary N) is 1. The Bertz CT molecular complexity index is 1060. The third-order valence-corrected chi connectivity index (χ3v) is 8.12. The summed E-state index contributed by atoms with van der Waals surface area (Å²) in [6.45, 7) is 4.85. The second-order valence-electron chi connectivity index (χ2n) is 8.98. The van der Waals surface area contributed by atoms with Gasteiger partial charge in [0.25, 0.3) is 0 Å². The van der Waals surface area contributed by atoms with Crippen LogP contribution in [0.4, 0.5) is 10.1 Å². The van der Waals surface area contributed by atoms with E-state index in [-0.39, 0.29) is 13.0 Å². The average molecular weight is 459 g/mol. The zero-order valence-electron chi connectivity index (χ0n) is 18.8. The topological polar surface area (TPSA) is 49.4 Å². The number of rotatable bonds is 7. The van der Waals surface area contributed by atoms with Crippen molar-refractivity contribution in [2.24, 2.45) is 5.92 Å². The predicted octanol–water partition coefficient (Wildman–Crippen LogP) is 5.20. The molecule has 174 valence electrons. The summed E-state index contributed by atoms with van der Waals surface area (Å²) in [4.78, 5) is 2.52. The quantitative estimate of drug-likeness (QED) is 0.580. The monoisotopic (exact) mass is 458 g/mol. The maximum atomic E-state index is 13.1. The third kappa shape index (κ3) is 5.99. The van der Waals surface area contributed by atoms with Crippen molar-refractivity contribution in [2.45, 2.75) is 45.4 Å². The van der Waals surface area contributed by atoms with E-state index in [1.54, 1.807) is 6.92 Å². The highest BCUT2D eigenvalue weighted by molar-refractivity contribution is 7.92. The van der Waals surface area contributed by atoms with Crippen LogP contribution < -0.4 is 4.72 Å². The average Bonchev–Trinajstić information content (AvgIpc) is 3.01.